The third-order valence-corrected chi connectivity index (χ3v) is 4.22. The second-order valence-electron chi connectivity index (χ2n) is 5.18. The van der Waals surface area contributed by atoms with Gasteiger partial charge in [0.15, 0.2) is 0 Å². The third-order valence-electron chi connectivity index (χ3n) is 3.47. The molecule has 1 heterocycles. The van der Waals surface area contributed by atoms with Crippen LogP contribution in [0.2, 0.25) is 0 Å². The van der Waals surface area contributed by atoms with E-state index < -0.39 is 33.7 Å². The van der Waals surface area contributed by atoms with Crippen molar-refractivity contribution in [1.29, 1.82) is 0 Å². The summed E-state index contributed by atoms with van der Waals surface area (Å²) in [7, 11) is -4.25. The van der Waals surface area contributed by atoms with Gasteiger partial charge in [-0.25, -0.2) is 0 Å². The normalized spacial score (nSPS) is 20.8. The van der Waals surface area contributed by atoms with Gasteiger partial charge in [0.2, 0.25) is 0 Å². The Labute approximate surface area is 126 Å². The van der Waals surface area contributed by atoms with Crippen LogP contribution < -0.4 is 10.1 Å². The fourth-order valence-electron chi connectivity index (χ4n) is 2.37. The molecule has 22 heavy (non-hydrogen) atoms. The van der Waals surface area contributed by atoms with Crippen LogP contribution in [-0.4, -0.2) is 37.9 Å². The lowest BCUT2D eigenvalue weighted by molar-refractivity contribution is -0.137. The second kappa shape index (κ2) is 6.43. The molecule has 0 saturated carbocycles. The van der Waals surface area contributed by atoms with E-state index in [1.165, 1.54) is 0 Å². The average molecular weight is 339 g/mol. The Hall–Kier alpha value is -1.32. The lowest BCUT2D eigenvalue weighted by atomic mass is 10.0. The molecule has 0 aromatic heterocycles. The first kappa shape index (κ1) is 17.0. The van der Waals surface area contributed by atoms with Gasteiger partial charge in [0.05, 0.1) is 5.56 Å². The molecular weight excluding hydrogens is 323 g/mol. The van der Waals surface area contributed by atoms with Gasteiger partial charge in [-0.15, -0.1) is 0 Å². The number of hydrogen-bond acceptors (Lipinski definition) is 4. The highest BCUT2D eigenvalue weighted by molar-refractivity contribution is 7.85. The summed E-state index contributed by atoms with van der Waals surface area (Å²) in [5.41, 5.74) is -0.811. The molecule has 2 N–H and O–H groups in total. The molecule has 0 radical (unpaired) electrons. The largest absolute Gasteiger partial charge is 0.489 e. The standard InChI is InChI=1S/C13H16F3NO4S/c14-13(15,16)10-1-3-11(4-2-10)21-12(8-22(18,19)20)9-5-6-17-7-9/h1-4,9,12,17H,5-8H2,(H,18,19,20)/t9?,12-/m1/s1. The van der Waals surface area contributed by atoms with E-state index in [1.807, 2.05) is 0 Å². The number of nitrogens with one attached hydrogen (secondary N) is 1. The predicted molar refractivity (Wildman–Crippen MR) is 73.3 cm³/mol. The SMILES string of the molecule is O=S(=O)(O)C[C@@H](Oc1ccc(C(F)(F)F)cc1)C1CCNC1. The molecule has 0 amide bonds. The van der Waals surface area contributed by atoms with Gasteiger partial charge in [0.1, 0.15) is 17.6 Å². The van der Waals surface area contributed by atoms with E-state index in [-0.39, 0.29) is 11.7 Å². The number of alkyl halides is 3. The first-order valence-corrected chi connectivity index (χ1v) is 8.26. The van der Waals surface area contributed by atoms with Crippen molar-refractivity contribution in [2.75, 3.05) is 18.8 Å². The number of benzene rings is 1. The number of halogens is 3. The third kappa shape index (κ3) is 4.85. The minimum absolute atomic E-state index is 0.133. The first-order valence-electron chi connectivity index (χ1n) is 6.65. The molecule has 5 nitrogen and oxygen atoms in total. The Balaban J connectivity index is 2.12. The van der Waals surface area contributed by atoms with Gasteiger partial charge in [-0.2, -0.15) is 21.6 Å². The van der Waals surface area contributed by atoms with Crippen LogP contribution in [0, 0.1) is 5.92 Å². The topological polar surface area (TPSA) is 75.6 Å². The fraction of sp³-hybridized carbons (Fsp3) is 0.538. The summed E-state index contributed by atoms with van der Waals surface area (Å²) in [6.07, 6.45) is -4.59. The fourth-order valence-corrected chi connectivity index (χ4v) is 3.12. The molecule has 1 aliphatic rings. The molecule has 1 saturated heterocycles. The highest BCUT2D eigenvalue weighted by Crippen LogP contribution is 2.31. The van der Waals surface area contributed by atoms with Crippen LogP contribution in [0.5, 0.6) is 5.75 Å². The number of rotatable bonds is 5. The molecule has 1 unspecified atom stereocenters. The summed E-state index contributed by atoms with van der Waals surface area (Å²) in [6, 6.07) is 4.02. The average Bonchev–Trinajstić information content (AvgIpc) is 2.89. The summed E-state index contributed by atoms with van der Waals surface area (Å²) in [5.74, 6) is -0.599. The summed E-state index contributed by atoms with van der Waals surface area (Å²) < 4.78 is 74.1. The number of hydrogen-bond donors (Lipinski definition) is 2. The van der Waals surface area contributed by atoms with Crippen LogP contribution in [0.3, 0.4) is 0 Å². The molecule has 1 aromatic carbocycles. The lowest BCUT2D eigenvalue weighted by Gasteiger charge is -2.23. The molecule has 0 spiro atoms. The Morgan fingerprint density at radius 2 is 1.95 bits per heavy atom. The van der Waals surface area contributed by atoms with E-state index in [1.54, 1.807) is 0 Å². The Bertz CT molecular complexity index is 595. The number of ether oxygens (including phenoxy) is 1. The molecule has 9 heteroatoms. The second-order valence-corrected chi connectivity index (χ2v) is 6.68. The maximum absolute atomic E-state index is 12.5. The highest BCUT2D eigenvalue weighted by Gasteiger charge is 2.32. The van der Waals surface area contributed by atoms with Crippen molar-refractivity contribution in [3.63, 3.8) is 0 Å². The Morgan fingerprint density at radius 1 is 1.32 bits per heavy atom. The summed E-state index contributed by atoms with van der Waals surface area (Å²) in [6.45, 7) is 1.23. The molecular formula is C13H16F3NO4S. The predicted octanol–water partition coefficient (Wildman–Crippen LogP) is 1.95. The van der Waals surface area contributed by atoms with Gasteiger partial charge in [-0.3, -0.25) is 4.55 Å². The molecule has 1 aromatic rings. The van der Waals surface area contributed by atoms with E-state index in [2.05, 4.69) is 5.32 Å². The quantitative estimate of drug-likeness (QED) is 0.802. The first-order chi connectivity index (χ1) is 10.1. The molecule has 2 rings (SSSR count). The van der Waals surface area contributed by atoms with Crippen molar-refractivity contribution >= 4 is 10.1 Å². The van der Waals surface area contributed by atoms with Crippen LogP contribution in [0.4, 0.5) is 13.2 Å². The summed E-state index contributed by atoms with van der Waals surface area (Å²) >= 11 is 0. The van der Waals surface area contributed by atoms with Crippen molar-refractivity contribution in [2.45, 2.75) is 18.7 Å². The summed E-state index contributed by atoms with van der Waals surface area (Å²) in [4.78, 5) is 0. The lowest BCUT2D eigenvalue weighted by Crippen LogP contribution is -2.35. The smallest absolute Gasteiger partial charge is 0.416 e. The molecule has 0 aliphatic carbocycles. The van der Waals surface area contributed by atoms with Crippen LogP contribution in [0.15, 0.2) is 24.3 Å². The van der Waals surface area contributed by atoms with E-state index >= 15 is 0 Å². The zero-order valence-corrected chi connectivity index (χ0v) is 12.3. The zero-order valence-electron chi connectivity index (χ0n) is 11.5. The van der Waals surface area contributed by atoms with E-state index in [0.29, 0.717) is 19.5 Å². The van der Waals surface area contributed by atoms with E-state index in [9.17, 15) is 21.6 Å². The van der Waals surface area contributed by atoms with Crippen molar-refractivity contribution in [3.8, 4) is 5.75 Å². The monoisotopic (exact) mass is 339 g/mol. The highest BCUT2D eigenvalue weighted by atomic mass is 32.2. The molecule has 0 bridgehead atoms. The Kier molecular flexibility index (Phi) is 4.98. The van der Waals surface area contributed by atoms with Crippen LogP contribution in [0.1, 0.15) is 12.0 Å². The maximum Gasteiger partial charge on any atom is 0.416 e. The molecule has 1 fully saturated rings. The van der Waals surface area contributed by atoms with Gasteiger partial charge in [0.25, 0.3) is 10.1 Å². The maximum atomic E-state index is 12.5. The van der Waals surface area contributed by atoms with Gasteiger partial charge in [-0.05, 0) is 37.2 Å². The minimum atomic E-state index is -4.44. The van der Waals surface area contributed by atoms with Gasteiger partial charge < -0.3 is 10.1 Å². The van der Waals surface area contributed by atoms with Crippen LogP contribution >= 0.6 is 0 Å². The Morgan fingerprint density at radius 3 is 2.41 bits per heavy atom. The van der Waals surface area contributed by atoms with Crippen molar-refractivity contribution in [3.05, 3.63) is 29.8 Å². The van der Waals surface area contributed by atoms with Crippen molar-refractivity contribution in [1.82, 2.24) is 5.32 Å². The van der Waals surface area contributed by atoms with Crippen molar-refractivity contribution < 1.29 is 30.9 Å². The van der Waals surface area contributed by atoms with Gasteiger partial charge in [-0.1, -0.05) is 0 Å². The minimum Gasteiger partial charge on any atom is -0.489 e. The van der Waals surface area contributed by atoms with E-state index in [0.717, 1.165) is 24.3 Å². The van der Waals surface area contributed by atoms with E-state index in [4.69, 9.17) is 9.29 Å². The van der Waals surface area contributed by atoms with Crippen LogP contribution in [-0.2, 0) is 16.3 Å². The van der Waals surface area contributed by atoms with Crippen LogP contribution in [0.25, 0.3) is 0 Å². The van der Waals surface area contributed by atoms with Gasteiger partial charge in [0, 0.05) is 12.5 Å². The molecule has 124 valence electrons. The van der Waals surface area contributed by atoms with Crippen molar-refractivity contribution in [2.24, 2.45) is 5.92 Å². The summed E-state index contributed by atoms with van der Waals surface area (Å²) in [5, 5.41) is 3.05. The zero-order chi connectivity index (χ0) is 16.4. The van der Waals surface area contributed by atoms with Gasteiger partial charge >= 0.3 is 6.18 Å². The molecule has 2 atom stereocenters. The molecule has 1 aliphatic heterocycles.